The van der Waals surface area contributed by atoms with Crippen LogP contribution in [0.3, 0.4) is 0 Å². The van der Waals surface area contributed by atoms with Crippen molar-refractivity contribution in [3.05, 3.63) is 47.5 Å². The van der Waals surface area contributed by atoms with Gasteiger partial charge in [-0.15, -0.1) is 0 Å². The Hall–Kier alpha value is -2.10. The van der Waals surface area contributed by atoms with Crippen LogP contribution in [0.2, 0.25) is 0 Å². The first-order valence-electron chi connectivity index (χ1n) is 12.4. The fourth-order valence-corrected chi connectivity index (χ4v) is 7.88. The second kappa shape index (κ2) is 8.04. The maximum absolute atomic E-state index is 12.8. The fourth-order valence-electron chi connectivity index (χ4n) is 7.88. The molecular formula is C28H36O4. The lowest BCUT2D eigenvalue weighted by molar-refractivity contribution is -0.148. The van der Waals surface area contributed by atoms with Crippen molar-refractivity contribution in [1.82, 2.24) is 0 Å². The molecule has 0 spiro atoms. The molecule has 4 aliphatic carbocycles. The Morgan fingerprint density at radius 2 is 1.72 bits per heavy atom. The summed E-state index contributed by atoms with van der Waals surface area (Å²) in [5.41, 5.74) is 2.46. The third-order valence-corrected chi connectivity index (χ3v) is 9.56. The molecule has 0 N–H and O–H groups in total. The van der Waals surface area contributed by atoms with E-state index in [2.05, 4.69) is 19.9 Å². The third kappa shape index (κ3) is 3.50. The SMILES string of the molecule is CC(=O)O[C@H]1CC[C@@]2(C)C(=CC[C@H]3C4CCC(OC(=O)c5ccccc5)[C@@]4(C)CCC32)C1. The molecule has 0 bridgehead atoms. The van der Waals surface area contributed by atoms with Gasteiger partial charge in [0.1, 0.15) is 12.2 Å². The predicted octanol–water partition coefficient (Wildman–Crippen LogP) is 6.11. The van der Waals surface area contributed by atoms with E-state index >= 15 is 0 Å². The van der Waals surface area contributed by atoms with Gasteiger partial charge < -0.3 is 9.47 Å². The zero-order chi connectivity index (χ0) is 22.5. The standard InChI is InChI=1S/C28H36O4/c1-18(29)31-21-13-15-27(2)20(17-21)9-10-22-23-11-12-25(28(23,3)16-14-24(22)27)32-26(30)19-7-5-4-6-8-19/h4-9,21-25H,10-17H2,1-3H3/t21-,22-,23?,24?,25?,27-,28-/m0/s1. The fraction of sp³-hybridized carbons (Fsp3) is 0.643. The van der Waals surface area contributed by atoms with Crippen molar-refractivity contribution in [3.8, 4) is 0 Å². The molecule has 0 aliphatic heterocycles. The average Bonchev–Trinajstić information content (AvgIpc) is 3.10. The molecule has 0 saturated heterocycles. The van der Waals surface area contributed by atoms with Crippen molar-refractivity contribution in [2.75, 3.05) is 0 Å². The lowest BCUT2D eigenvalue weighted by Crippen LogP contribution is -2.51. The molecule has 3 fully saturated rings. The first kappa shape index (κ1) is 21.7. The summed E-state index contributed by atoms with van der Waals surface area (Å²) >= 11 is 0. The highest BCUT2D eigenvalue weighted by atomic mass is 16.5. The molecule has 5 rings (SSSR count). The van der Waals surface area contributed by atoms with Gasteiger partial charge in [-0.2, -0.15) is 0 Å². The van der Waals surface area contributed by atoms with Gasteiger partial charge in [-0.05, 0) is 80.2 Å². The van der Waals surface area contributed by atoms with E-state index < -0.39 is 0 Å². The summed E-state index contributed by atoms with van der Waals surface area (Å²) in [6.07, 6.45) is 11.1. The largest absolute Gasteiger partial charge is 0.462 e. The normalized spacial score (nSPS) is 40.3. The molecule has 3 saturated carbocycles. The van der Waals surface area contributed by atoms with Crippen LogP contribution >= 0.6 is 0 Å². The molecule has 7 atom stereocenters. The Labute approximate surface area is 191 Å². The molecule has 32 heavy (non-hydrogen) atoms. The van der Waals surface area contributed by atoms with E-state index in [1.54, 1.807) is 0 Å². The summed E-state index contributed by atoms with van der Waals surface area (Å²) in [6.45, 7) is 6.36. The van der Waals surface area contributed by atoms with Gasteiger partial charge in [0.2, 0.25) is 0 Å². The van der Waals surface area contributed by atoms with E-state index in [0.717, 1.165) is 44.9 Å². The van der Waals surface area contributed by atoms with E-state index in [1.165, 1.54) is 18.9 Å². The van der Waals surface area contributed by atoms with Crippen LogP contribution in [-0.2, 0) is 14.3 Å². The van der Waals surface area contributed by atoms with Crippen LogP contribution < -0.4 is 0 Å². The maximum atomic E-state index is 12.8. The minimum absolute atomic E-state index is 0.0130. The number of rotatable bonds is 3. The van der Waals surface area contributed by atoms with Gasteiger partial charge in [-0.3, -0.25) is 4.79 Å². The third-order valence-electron chi connectivity index (χ3n) is 9.56. The van der Waals surface area contributed by atoms with Crippen LogP contribution in [0.25, 0.3) is 0 Å². The molecule has 172 valence electrons. The second-order valence-corrected chi connectivity index (χ2v) is 11.1. The number of hydrogen-bond donors (Lipinski definition) is 0. The minimum atomic E-state index is -0.179. The molecular weight excluding hydrogens is 400 g/mol. The van der Waals surface area contributed by atoms with Gasteiger partial charge in [0.05, 0.1) is 5.56 Å². The van der Waals surface area contributed by atoms with E-state index in [0.29, 0.717) is 23.3 Å². The molecule has 0 radical (unpaired) electrons. The zero-order valence-corrected chi connectivity index (χ0v) is 19.6. The summed E-state index contributed by atoms with van der Waals surface area (Å²) in [4.78, 5) is 24.2. The number of carbonyl (C=O) groups is 2. The molecule has 1 aromatic carbocycles. The molecule has 1 aromatic rings. The van der Waals surface area contributed by atoms with E-state index in [4.69, 9.17) is 9.47 Å². The summed E-state index contributed by atoms with van der Waals surface area (Å²) in [5, 5.41) is 0. The first-order valence-corrected chi connectivity index (χ1v) is 12.4. The van der Waals surface area contributed by atoms with E-state index in [1.807, 2.05) is 30.3 Å². The second-order valence-electron chi connectivity index (χ2n) is 11.1. The van der Waals surface area contributed by atoms with Crippen molar-refractivity contribution in [1.29, 1.82) is 0 Å². The zero-order valence-electron chi connectivity index (χ0n) is 19.6. The highest BCUT2D eigenvalue weighted by molar-refractivity contribution is 5.89. The van der Waals surface area contributed by atoms with Crippen LogP contribution in [0.4, 0.5) is 0 Å². The van der Waals surface area contributed by atoms with E-state index in [-0.39, 0.29) is 35.0 Å². The molecule has 0 heterocycles. The Kier molecular flexibility index (Phi) is 5.46. The van der Waals surface area contributed by atoms with Gasteiger partial charge in [-0.1, -0.05) is 43.7 Å². The summed E-state index contributed by atoms with van der Waals surface area (Å²) in [7, 11) is 0. The van der Waals surface area contributed by atoms with Crippen LogP contribution in [0.5, 0.6) is 0 Å². The van der Waals surface area contributed by atoms with Gasteiger partial charge in [0, 0.05) is 18.8 Å². The summed E-state index contributed by atoms with van der Waals surface area (Å²) in [6, 6.07) is 9.40. The maximum Gasteiger partial charge on any atom is 0.338 e. The summed E-state index contributed by atoms with van der Waals surface area (Å²) < 4.78 is 11.7. The highest BCUT2D eigenvalue weighted by Crippen LogP contribution is 2.65. The quantitative estimate of drug-likeness (QED) is 0.424. The number of ether oxygens (including phenoxy) is 2. The van der Waals surface area contributed by atoms with Crippen molar-refractivity contribution < 1.29 is 19.1 Å². The van der Waals surface area contributed by atoms with Crippen LogP contribution in [-0.4, -0.2) is 24.1 Å². The number of allylic oxidation sites excluding steroid dienone is 1. The Morgan fingerprint density at radius 3 is 2.47 bits per heavy atom. The van der Waals surface area contributed by atoms with Crippen molar-refractivity contribution >= 4 is 11.9 Å². The molecule has 4 nitrogen and oxygen atoms in total. The van der Waals surface area contributed by atoms with E-state index in [9.17, 15) is 9.59 Å². The Bertz CT molecular complexity index is 921. The Morgan fingerprint density at radius 1 is 0.938 bits per heavy atom. The molecule has 4 aliphatic rings. The predicted molar refractivity (Wildman–Crippen MR) is 123 cm³/mol. The molecule has 3 unspecified atom stereocenters. The van der Waals surface area contributed by atoms with Crippen molar-refractivity contribution in [3.63, 3.8) is 0 Å². The van der Waals surface area contributed by atoms with Gasteiger partial charge in [0.15, 0.2) is 0 Å². The molecule has 0 amide bonds. The first-order chi connectivity index (χ1) is 15.3. The molecule has 4 heteroatoms. The monoisotopic (exact) mass is 436 g/mol. The van der Waals surface area contributed by atoms with Crippen LogP contribution in [0.1, 0.15) is 82.5 Å². The lowest BCUT2D eigenvalue weighted by Gasteiger charge is -2.57. The number of carbonyl (C=O) groups excluding carboxylic acids is 2. The minimum Gasteiger partial charge on any atom is -0.462 e. The number of hydrogen-bond acceptors (Lipinski definition) is 4. The highest BCUT2D eigenvalue weighted by Gasteiger charge is 2.59. The number of benzene rings is 1. The Balaban J connectivity index is 1.33. The number of esters is 2. The van der Waals surface area contributed by atoms with Gasteiger partial charge >= 0.3 is 11.9 Å². The van der Waals surface area contributed by atoms with Crippen LogP contribution in [0, 0.1) is 28.6 Å². The average molecular weight is 437 g/mol. The number of fused-ring (bicyclic) bond motifs is 5. The van der Waals surface area contributed by atoms with Crippen LogP contribution in [0.15, 0.2) is 42.0 Å². The lowest BCUT2D eigenvalue weighted by atomic mass is 9.48. The van der Waals surface area contributed by atoms with Crippen molar-refractivity contribution in [2.24, 2.45) is 28.6 Å². The molecule has 0 aromatic heterocycles. The van der Waals surface area contributed by atoms with Crippen molar-refractivity contribution in [2.45, 2.75) is 84.3 Å². The summed E-state index contributed by atoms with van der Waals surface area (Å²) in [5.74, 6) is 1.61. The van der Waals surface area contributed by atoms with Gasteiger partial charge in [-0.25, -0.2) is 4.79 Å². The van der Waals surface area contributed by atoms with Gasteiger partial charge in [0.25, 0.3) is 0 Å². The topological polar surface area (TPSA) is 52.6 Å². The smallest absolute Gasteiger partial charge is 0.338 e.